The maximum Gasteiger partial charge on any atom is 0.0721 e. The number of rotatable bonds is 2. The largest absolute Gasteiger partial charge is 0.380 e. The van der Waals surface area contributed by atoms with Crippen LogP contribution >= 0.6 is 0 Å². The van der Waals surface area contributed by atoms with Crippen molar-refractivity contribution in [3.05, 3.63) is 83.9 Å². The number of benzene rings is 2. The standard InChI is InChI=1S/C24H24N4/c1-3-7-17(8-4-1)19-11-13-25-22-16-24(22)28-20(18-9-5-2-6-10-18)12-14-26-21-15-23(21)27-19/h1-14,21-24,27-28H,15-16H2/b19-11-,20-12-,25-13?,26-14?/t21-,22?,23+,24?/m1/s1. The zero-order valence-electron chi connectivity index (χ0n) is 15.7. The first-order valence-corrected chi connectivity index (χ1v) is 9.98. The van der Waals surface area contributed by atoms with Gasteiger partial charge in [0, 0.05) is 23.8 Å². The van der Waals surface area contributed by atoms with Crippen LogP contribution in [0.1, 0.15) is 24.0 Å². The van der Waals surface area contributed by atoms with Crippen LogP contribution in [0.3, 0.4) is 0 Å². The average molecular weight is 368 g/mol. The summed E-state index contributed by atoms with van der Waals surface area (Å²) in [7, 11) is 0. The van der Waals surface area contributed by atoms with Crippen molar-refractivity contribution in [2.45, 2.75) is 37.0 Å². The molecule has 0 amide bonds. The zero-order valence-corrected chi connectivity index (χ0v) is 15.7. The number of fused-ring (bicyclic) bond motifs is 2. The molecule has 0 spiro atoms. The molecule has 0 saturated heterocycles. The molecule has 2 aliphatic carbocycles. The number of allylic oxidation sites excluding steroid dienone is 2. The number of hydrogen-bond acceptors (Lipinski definition) is 4. The van der Waals surface area contributed by atoms with Gasteiger partial charge in [0.05, 0.1) is 24.2 Å². The second kappa shape index (κ2) is 7.47. The Hall–Kier alpha value is -3.14. The second-order valence-corrected chi connectivity index (χ2v) is 7.60. The number of aliphatic imine (C=N–C) groups is 2. The SMILES string of the molecule is C1=NC2CC2N/C(c2ccccc2)=C\C=N[C@@H]2C[C@@H]2N/C(c2ccccc2)=C\1. The fourth-order valence-electron chi connectivity index (χ4n) is 3.55. The summed E-state index contributed by atoms with van der Waals surface area (Å²) in [4.78, 5) is 9.53. The van der Waals surface area contributed by atoms with E-state index in [2.05, 4.69) is 71.3 Å². The van der Waals surface area contributed by atoms with Crippen molar-refractivity contribution in [2.24, 2.45) is 9.98 Å². The first-order valence-electron chi connectivity index (χ1n) is 9.98. The van der Waals surface area contributed by atoms with Crippen LogP contribution in [0.25, 0.3) is 11.4 Å². The number of nitrogens with zero attached hydrogens (tertiary/aromatic N) is 2. The molecule has 2 unspecified atom stereocenters. The van der Waals surface area contributed by atoms with Gasteiger partial charge in [-0.25, -0.2) is 0 Å². The third-order valence-electron chi connectivity index (χ3n) is 5.40. The van der Waals surface area contributed by atoms with Crippen molar-refractivity contribution in [3.63, 3.8) is 0 Å². The molecule has 28 heavy (non-hydrogen) atoms. The lowest BCUT2D eigenvalue weighted by Crippen LogP contribution is -2.19. The van der Waals surface area contributed by atoms with Crippen LogP contribution in [0.2, 0.25) is 0 Å². The highest BCUT2D eigenvalue weighted by Gasteiger charge is 2.38. The highest BCUT2D eigenvalue weighted by atomic mass is 15.1. The molecule has 4 nitrogen and oxygen atoms in total. The summed E-state index contributed by atoms with van der Waals surface area (Å²) in [5, 5.41) is 7.30. The van der Waals surface area contributed by atoms with Gasteiger partial charge in [0.25, 0.3) is 0 Å². The third kappa shape index (κ3) is 3.91. The highest BCUT2D eigenvalue weighted by Crippen LogP contribution is 2.30. The van der Waals surface area contributed by atoms with Crippen molar-refractivity contribution < 1.29 is 0 Å². The minimum Gasteiger partial charge on any atom is -0.380 e. The summed E-state index contributed by atoms with van der Waals surface area (Å²) in [6, 6.07) is 22.3. The van der Waals surface area contributed by atoms with Crippen molar-refractivity contribution >= 4 is 23.8 Å². The highest BCUT2D eigenvalue weighted by molar-refractivity contribution is 5.86. The van der Waals surface area contributed by atoms with E-state index in [1.807, 2.05) is 24.6 Å². The van der Waals surface area contributed by atoms with Gasteiger partial charge in [0.2, 0.25) is 0 Å². The van der Waals surface area contributed by atoms with E-state index >= 15 is 0 Å². The Morgan fingerprint density at radius 3 is 1.46 bits per heavy atom. The van der Waals surface area contributed by atoms with E-state index in [1.165, 1.54) is 11.1 Å². The van der Waals surface area contributed by atoms with Crippen LogP contribution in [-0.4, -0.2) is 36.6 Å². The molecule has 2 saturated carbocycles. The Kier molecular flexibility index (Phi) is 4.53. The van der Waals surface area contributed by atoms with Gasteiger partial charge in [-0.2, -0.15) is 0 Å². The summed E-state index contributed by atoms with van der Waals surface area (Å²) < 4.78 is 0. The Morgan fingerprint density at radius 1 is 0.607 bits per heavy atom. The molecule has 2 aromatic rings. The summed E-state index contributed by atoms with van der Waals surface area (Å²) >= 11 is 0. The maximum atomic E-state index is 4.76. The normalized spacial score (nSPS) is 32.1. The molecule has 1 heterocycles. The van der Waals surface area contributed by atoms with Gasteiger partial charge in [-0.05, 0) is 36.1 Å². The molecule has 2 aromatic carbocycles. The van der Waals surface area contributed by atoms with E-state index in [9.17, 15) is 0 Å². The van der Waals surface area contributed by atoms with E-state index in [0.29, 0.717) is 24.2 Å². The summed E-state index contributed by atoms with van der Waals surface area (Å²) in [6.45, 7) is 0. The smallest absolute Gasteiger partial charge is 0.0721 e. The number of nitrogens with one attached hydrogen (secondary N) is 2. The van der Waals surface area contributed by atoms with Gasteiger partial charge in [-0.15, -0.1) is 0 Å². The van der Waals surface area contributed by atoms with Gasteiger partial charge in [-0.1, -0.05) is 60.7 Å². The lowest BCUT2D eigenvalue weighted by atomic mass is 10.1. The predicted molar refractivity (Wildman–Crippen MR) is 116 cm³/mol. The molecule has 2 fully saturated rings. The fraction of sp³-hybridized carbons (Fsp3) is 0.250. The molecular formula is C24H24N4. The van der Waals surface area contributed by atoms with E-state index in [1.54, 1.807) is 0 Å². The molecule has 2 N–H and O–H groups in total. The van der Waals surface area contributed by atoms with Crippen molar-refractivity contribution in [3.8, 4) is 0 Å². The van der Waals surface area contributed by atoms with Crippen LogP contribution in [0, 0.1) is 0 Å². The minimum absolute atomic E-state index is 0.328. The Balaban J connectivity index is 1.40. The van der Waals surface area contributed by atoms with Crippen molar-refractivity contribution in [1.29, 1.82) is 0 Å². The summed E-state index contributed by atoms with van der Waals surface area (Å²) in [6.07, 6.45) is 10.2. The molecule has 140 valence electrons. The van der Waals surface area contributed by atoms with Crippen LogP contribution in [0.4, 0.5) is 0 Å². The third-order valence-corrected chi connectivity index (χ3v) is 5.40. The lowest BCUT2D eigenvalue weighted by molar-refractivity contribution is 0.834. The van der Waals surface area contributed by atoms with Crippen molar-refractivity contribution in [2.75, 3.05) is 0 Å². The van der Waals surface area contributed by atoms with E-state index in [-0.39, 0.29) is 0 Å². The molecule has 3 aliphatic rings. The topological polar surface area (TPSA) is 48.8 Å². The van der Waals surface area contributed by atoms with Gasteiger partial charge in [-0.3, -0.25) is 9.98 Å². The molecule has 5 rings (SSSR count). The van der Waals surface area contributed by atoms with Crippen LogP contribution in [0.15, 0.2) is 82.8 Å². The Labute approximate surface area is 165 Å². The first-order chi connectivity index (χ1) is 13.9. The predicted octanol–water partition coefficient (Wildman–Crippen LogP) is 3.68. The summed E-state index contributed by atoms with van der Waals surface area (Å²) in [5.41, 5.74) is 4.62. The average Bonchev–Trinajstić information content (AvgIpc) is 3.65. The second-order valence-electron chi connectivity index (χ2n) is 7.60. The zero-order chi connectivity index (χ0) is 18.8. The first kappa shape index (κ1) is 17.0. The lowest BCUT2D eigenvalue weighted by Gasteiger charge is -2.11. The molecule has 4 heteroatoms. The van der Waals surface area contributed by atoms with E-state index < -0.39 is 0 Å². The van der Waals surface area contributed by atoms with Crippen LogP contribution in [-0.2, 0) is 0 Å². The van der Waals surface area contributed by atoms with E-state index in [0.717, 1.165) is 24.2 Å². The molecule has 0 aromatic heterocycles. The van der Waals surface area contributed by atoms with Gasteiger partial charge >= 0.3 is 0 Å². The molecule has 1 aliphatic heterocycles. The maximum absolute atomic E-state index is 4.76. The summed E-state index contributed by atoms with van der Waals surface area (Å²) in [5.74, 6) is 0. The Bertz CT molecular complexity index is 864. The monoisotopic (exact) mass is 368 g/mol. The van der Waals surface area contributed by atoms with Crippen LogP contribution < -0.4 is 10.6 Å². The van der Waals surface area contributed by atoms with Crippen molar-refractivity contribution in [1.82, 2.24) is 10.6 Å². The van der Waals surface area contributed by atoms with Gasteiger partial charge < -0.3 is 10.6 Å². The van der Waals surface area contributed by atoms with E-state index in [4.69, 9.17) is 9.98 Å². The minimum atomic E-state index is 0.328. The molecule has 0 radical (unpaired) electrons. The molecular weight excluding hydrogens is 344 g/mol. The molecule has 4 atom stereocenters. The van der Waals surface area contributed by atoms with Crippen LogP contribution in [0.5, 0.6) is 0 Å². The fourth-order valence-corrected chi connectivity index (χ4v) is 3.55. The van der Waals surface area contributed by atoms with Gasteiger partial charge in [0.1, 0.15) is 0 Å². The Morgan fingerprint density at radius 2 is 1.04 bits per heavy atom. The quantitative estimate of drug-likeness (QED) is 0.849. The van der Waals surface area contributed by atoms with Gasteiger partial charge in [0.15, 0.2) is 0 Å². The number of hydrogen-bond donors (Lipinski definition) is 2. The molecule has 0 bridgehead atoms.